The predicted molar refractivity (Wildman–Crippen MR) is 117 cm³/mol. The number of nitrogens with one attached hydrogen (secondary N) is 1. The van der Waals surface area contributed by atoms with Crippen LogP contribution in [0.4, 0.5) is 5.69 Å². The first-order valence-electron chi connectivity index (χ1n) is 8.90. The van der Waals surface area contributed by atoms with Crippen LogP contribution in [0.5, 0.6) is 11.5 Å². The van der Waals surface area contributed by atoms with Gasteiger partial charge in [0.25, 0.3) is 0 Å². The van der Waals surface area contributed by atoms with Crippen LogP contribution in [-0.4, -0.2) is 24.3 Å². The third kappa shape index (κ3) is 3.21. The van der Waals surface area contributed by atoms with Crippen LogP contribution in [0.15, 0.2) is 54.0 Å². The number of thiophene rings is 1. The zero-order valence-electron chi connectivity index (χ0n) is 15.9. The van der Waals surface area contributed by atoms with E-state index in [9.17, 15) is 0 Å². The number of hydrogen-bond donors (Lipinski definition) is 1. The Morgan fingerprint density at radius 3 is 2.64 bits per heavy atom. The Bertz CT molecular complexity index is 990. The smallest absolute Gasteiger partial charge is 0.174 e. The van der Waals surface area contributed by atoms with Crippen LogP contribution in [0.2, 0.25) is 0 Å². The SMILES string of the molecule is COc1ccc(N2C(=S)N[C@H](c3ccccn3)[C@@H]2c2sccc2C)c(OC)c1. The summed E-state index contributed by atoms with van der Waals surface area (Å²) in [4.78, 5) is 7.97. The van der Waals surface area contributed by atoms with E-state index in [0.29, 0.717) is 10.9 Å². The van der Waals surface area contributed by atoms with Crippen molar-refractivity contribution in [2.75, 3.05) is 19.1 Å². The van der Waals surface area contributed by atoms with Gasteiger partial charge in [0.05, 0.1) is 37.7 Å². The molecule has 2 atom stereocenters. The number of anilines is 1. The van der Waals surface area contributed by atoms with Gasteiger partial charge in [-0.2, -0.15) is 0 Å². The molecular weight excluding hydrogens is 390 g/mol. The lowest BCUT2D eigenvalue weighted by molar-refractivity contribution is 0.394. The van der Waals surface area contributed by atoms with Crippen molar-refractivity contribution in [2.24, 2.45) is 0 Å². The topological polar surface area (TPSA) is 46.6 Å². The normalized spacial score (nSPS) is 18.8. The quantitative estimate of drug-likeness (QED) is 0.617. The number of ether oxygens (including phenoxy) is 2. The number of pyridine rings is 1. The molecule has 3 aromatic rings. The third-order valence-corrected chi connectivity index (χ3v) is 6.32. The second kappa shape index (κ2) is 7.77. The van der Waals surface area contributed by atoms with Gasteiger partial charge in [0.15, 0.2) is 5.11 Å². The Balaban J connectivity index is 1.86. The van der Waals surface area contributed by atoms with Crippen molar-refractivity contribution in [3.05, 3.63) is 70.2 Å². The van der Waals surface area contributed by atoms with E-state index in [1.54, 1.807) is 25.6 Å². The summed E-state index contributed by atoms with van der Waals surface area (Å²) in [5.74, 6) is 1.45. The predicted octanol–water partition coefficient (Wildman–Crippen LogP) is 4.65. The molecule has 3 heterocycles. The maximum Gasteiger partial charge on any atom is 0.174 e. The molecule has 0 radical (unpaired) electrons. The highest BCUT2D eigenvalue weighted by molar-refractivity contribution is 7.80. The van der Waals surface area contributed by atoms with Crippen LogP contribution in [0.25, 0.3) is 0 Å². The molecule has 1 fully saturated rings. The van der Waals surface area contributed by atoms with Crippen molar-refractivity contribution in [3.63, 3.8) is 0 Å². The number of nitrogens with zero attached hydrogens (tertiary/aromatic N) is 2. The number of aryl methyl sites for hydroxylation is 1. The third-order valence-electron chi connectivity index (χ3n) is 4.91. The molecule has 1 aliphatic rings. The van der Waals surface area contributed by atoms with Crippen LogP contribution in [0, 0.1) is 6.92 Å². The number of hydrogen-bond acceptors (Lipinski definition) is 5. The zero-order valence-corrected chi connectivity index (χ0v) is 17.5. The van der Waals surface area contributed by atoms with Crippen molar-refractivity contribution in [1.29, 1.82) is 0 Å². The summed E-state index contributed by atoms with van der Waals surface area (Å²) in [6, 6.07) is 13.8. The van der Waals surface area contributed by atoms with Gasteiger partial charge in [0.1, 0.15) is 11.5 Å². The highest BCUT2D eigenvalue weighted by atomic mass is 32.1. The van der Waals surface area contributed by atoms with Gasteiger partial charge < -0.3 is 19.7 Å². The average Bonchev–Trinajstić information content (AvgIpc) is 3.30. The summed E-state index contributed by atoms with van der Waals surface area (Å²) in [6.45, 7) is 2.13. The van der Waals surface area contributed by atoms with E-state index in [2.05, 4.69) is 33.6 Å². The molecule has 1 aromatic carbocycles. The van der Waals surface area contributed by atoms with Gasteiger partial charge in [0.2, 0.25) is 0 Å². The number of thiocarbonyl (C=S) groups is 1. The lowest BCUT2D eigenvalue weighted by atomic mass is 10.0. The molecule has 144 valence electrons. The van der Waals surface area contributed by atoms with E-state index < -0.39 is 0 Å². The summed E-state index contributed by atoms with van der Waals surface area (Å²) in [5, 5.41) is 6.24. The number of benzene rings is 1. The molecule has 1 aliphatic heterocycles. The van der Waals surface area contributed by atoms with Crippen LogP contribution in [0.3, 0.4) is 0 Å². The first-order chi connectivity index (χ1) is 13.6. The average molecular weight is 412 g/mol. The lowest BCUT2D eigenvalue weighted by Crippen LogP contribution is -2.29. The van der Waals surface area contributed by atoms with Gasteiger partial charge in [-0.05, 0) is 60.4 Å². The molecule has 0 bridgehead atoms. The Hall–Kier alpha value is -2.64. The molecule has 5 nitrogen and oxygen atoms in total. The molecule has 0 unspecified atom stereocenters. The fourth-order valence-electron chi connectivity index (χ4n) is 3.55. The minimum atomic E-state index is -0.0575. The van der Waals surface area contributed by atoms with Crippen LogP contribution in [0.1, 0.15) is 28.2 Å². The monoisotopic (exact) mass is 411 g/mol. The molecule has 28 heavy (non-hydrogen) atoms. The minimum Gasteiger partial charge on any atom is -0.497 e. The molecule has 4 rings (SSSR count). The Labute approximate surface area is 173 Å². The minimum absolute atomic E-state index is 0.0234. The van der Waals surface area contributed by atoms with Crippen molar-refractivity contribution in [1.82, 2.24) is 10.3 Å². The molecule has 0 amide bonds. The summed E-state index contributed by atoms with van der Waals surface area (Å²) >= 11 is 7.50. The maximum absolute atomic E-state index is 5.77. The molecule has 0 spiro atoms. The first-order valence-corrected chi connectivity index (χ1v) is 10.2. The number of methoxy groups -OCH3 is 2. The maximum atomic E-state index is 5.77. The van der Waals surface area contributed by atoms with Gasteiger partial charge in [-0.15, -0.1) is 11.3 Å². The number of rotatable bonds is 5. The molecule has 1 N–H and O–H groups in total. The van der Waals surface area contributed by atoms with Crippen molar-refractivity contribution >= 4 is 34.4 Å². The zero-order chi connectivity index (χ0) is 19.7. The van der Waals surface area contributed by atoms with E-state index in [1.807, 2.05) is 42.6 Å². The molecule has 7 heteroatoms. The van der Waals surface area contributed by atoms with E-state index in [-0.39, 0.29) is 12.1 Å². The Kier molecular flexibility index (Phi) is 5.19. The van der Waals surface area contributed by atoms with Gasteiger partial charge in [-0.3, -0.25) is 4.98 Å². The first kappa shape index (κ1) is 18.7. The Morgan fingerprint density at radius 1 is 1.14 bits per heavy atom. The summed E-state index contributed by atoms with van der Waals surface area (Å²) in [6.07, 6.45) is 1.81. The van der Waals surface area contributed by atoms with E-state index in [4.69, 9.17) is 21.7 Å². The summed E-state index contributed by atoms with van der Waals surface area (Å²) in [7, 11) is 3.30. The summed E-state index contributed by atoms with van der Waals surface area (Å²) in [5.41, 5.74) is 3.09. The Morgan fingerprint density at radius 2 is 2.00 bits per heavy atom. The van der Waals surface area contributed by atoms with Crippen LogP contribution < -0.4 is 19.7 Å². The molecular formula is C21H21N3O2S2. The van der Waals surface area contributed by atoms with Gasteiger partial charge in [-0.25, -0.2) is 0 Å². The van der Waals surface area contributed by atoms with E-state index >= 15 is 0 Å². The molecule has 0 saturated carbocycles. The van der Waals surface area contributed by atoms with Crippen LogP contribution in [-0.2, 0) is 0 Å². The van der Waals surface area contributed by atoms with Gasteiger partial charge in [-0.1, -0.05) is 6.07 Å². The molecule has 1 saturated heterocycles. The fraction of sp³-hybridized carbons (Fsp3) is 0.238. The van der Waals surface area contributed by atoms with Crippen LogP contribution >= 0.6 is 23.6 Å². The standard InChI is InChI=1S/C21H21N3O2S2/c1-13-9-11-28-20(13)19-18(15-6-4-5-10-22-15)23-21(27)24(19)16-8-7-14(25-2)12-17(16)26-3/h4-12,18-19H,1-3H3,(H,23,27)/t18-,19-/m1/s1. The summed E-state index contributed by atoms with van der Waals surface area (Å²) < 4.78 is 11.0. The van der Waals surface area contributed by atoms with Crippen molar-refractivity contribution in [3.8, 4) is 11.5 Å². The van der Waals surface area contributed by atoms with Gasteiger partial charge in [0, 0.05) is 17.1 Å². The van der Waals surface area contributed by atoms with Crippen molar-refractivity contribution < 1.29 is 9.47 Å². The highest BCUT2D eigenvalue weighted by Gasteiger charge is 2.42. The second-order valence-electron chi connectivity index (χ2n) is 6.50. The molecule has 2 aromatic heterocycles. The van der Waals surface area contributed by atoms with E-state index in [0.717, 1.165) is 17.1 Å². The second-order valence-corrected chi connectivity index (χ2v) is 7.84. The van der Waals surface area contributed by atoms with Gasteiger partial charge >= 0.3 is 0 Å². The highest BCUT2D eigenvalue weighted by Crippen LogP contribution is 2.47. The molecule has 0 aliphatic carbocycles. The lowest BCUT2D eigenvalue weighted by Gasteiger charge is -2.29. The van der Waals surface area contributed by atoms with E-state index in [1.165, 1.54) is 10.4 Å². The largest absolute Gasteiger partial charge is 0.497 e. The fourth-order valence-corrected chi connectivity index (χ4v) is 4.94. The van der Waals surface area contributed by atoms with Crippen molar-refractivity contribution in [2.45, 2.75) is 19.0 Å². The number of aromatic nitrogens is 1.